The Morgan fingerprint density at radius 2 is 1.73 bits per heavy atom. The predicted octanol–water partition coefficient (Wildman–Crippen LogP) is 2.10. The van der Waals surface area contributed by atoms with E-state index in [1.807, 2.05) is 31.2 Å². The zero-order valence-electron chi connectivity index (χ0n) is 20.6. The highest BCUT2D eigenvalue weighted by atomic mass is 16.3. The summed E-state index contributed by atoms with van der Waals surface area (Å²) in [4.78, 5) is 40.8. The molecule has 37 heavy (non-hydrogen) atoms. The van der Waals surface area contributed by atoms with Crippen LogP contribution in [0.5, 0.6) is 5.75 Å². The third-order valence-corrected chi connectivity index (χ3v) is 8.04. The van der Waals surface area contributed by atoms with Crippen LogP contribution in [-0.2, 0) is 16.0 Å². The van der Waals surface area contributed by atoms with E-state index in [1.54, 1.807) is 20.2 Å². The number of nitrogens with zero attached hydrogens (tertiary/aromatic N) is 1. The number of aliphatic hydroxyl groups excluding tert-OH is 2. The number of Topliss-reactive ketones (excluding diaryl/α,β-unsaturated/α-hetero) is 2. The molecule has 1 amide bonds. The lowest BCUT2D eigenvalue weighted by atomic mass is 9.58. The van der Waals surface area contributed by atoms with Crippen molar-refractivity contribution in [1.29, 1.82) is 0 Å². The Morgan fingerprint density at radius 1 is 1.05 bits per heavy atom. The quantitative estimate of drug-likeness (QED) is 0.397. The number of fused-ring (bicyclic) bond motifs is 3. The average molecular weight is 505 g/mol. The van der Waals surface area contributed by atoms with Crippen molar-refractivity contribution in [3.05, 3.63) is 75.8 Å². The summed E-state index contributed by atoms with van der Waals surface area (Å²) in [6, 6.07) is 9.78. The molecule has 0 aliphatic heterocycles. The fourth-order valence-electron chi connectivity index (χ4n) is 6.38. The fraction of sp³-hybridized carbons (Fsp3) is 0.321. The first-order chi connectivity index (χ1) is 17.4. The summed E-state index contributed by atoms with van der Waals surface area (Å²) < 4.78 is 0. The van der Waals surface area contributed by atoms with Crippen LogP contribution in [-0.4, -0.2) is 68.5 Å². The van der Waals surface area contributed by atoms with Gasteiger partial charge >= 0.3 is 0 Å². The minimum Gasteiger partial charge on any atom is -0.510 e. The average Bonchev–Trinajstić information content (AvgIpc) is 2.82. The van der Waals surface area contributed by atoms with E-state index in [0.717, 1.165) is 16.7 Å². The Bertz CT molecular complexity index is 1450. The third kappa shape index (κ3) is 3.27. The standard InChI is InChI=1S/C28H28N2O7/c1-12-6-4-5-7-14(12)15-8-9-18(31)20-16(15)10-13-11-17-22(30(2)3)24(33)21(27(29)36)26(35)28(17,37)25(34)19(13)23(20)32/h4-9,13,17,22,31,33-34,37H,10-11H2,1-3H3,(H2,29,36). The van der Waals surface area contributed by atoms with E-state index < -0.39 is 58.0 Å². The van der Waals surface area contributed by atoms with Gasteiger partial charge in [0, 0.05) is 11.5 Å². The molecular weight excluding hydrogens is 476 g/mol. The van der Waals surface area contributed by atoms with Gasteiger partial charge in [-0.2, -0.15) is 0 Å². The Morgan fingerprint density at radius 3 is 2.35 bits per heavy atom. The van der Waals surface area contributed by atoms with Crippen LogP contribution < -0.4 is 5.73 Å². The Kier molecular flexibility index (Phi) is 5.54. The van der Waals surface area contributed by atoms with Crippen LogP contribution in [0, 0.1) is 18.8 Å². The van der Waals surface area contributed by atoms with Crippen molar-refractivity contribution in [3.8, 4) is 16.9 Å². The lowest BCUT2D eigenvalue weighted by Crippen LogP contribution is -2.63. The van der Waals surface area contributed by atoms with Crippen molar-refractivity contribution >= 4 is 17.5 Å². The number of phenolic OH excluding ortho intramolecular Hbond substituents is 1. The first-order valence-electron chi connectivity index (χ1n) is 12.0. The normalized spacial score (nSPS) is 27.2. The number of primary amides is 1. The largest absolute Gasteiger partial charge is 0.510 e. The topological polar surface area (TPSA) is 161 Å². The maximum atomic E-state index is 13.8. The van der Waals surface area contributed by atoms with Gasteiger partial charge in [-0.05, 0) is 68.1 Å². The van der Waals surface area contributed by atoms with Crippen LogP contribution in [0.1, 0.15) is 27.9 Å². The van der Waals surface area contributed by atoms with E-state index in [9.17, 15) is 34.8 Å². The first-order valence-corrected chi connectivity index (χ1v) is 12.0. The summed E-state index contributed by atoms with van der Waals surface area (Å²) in [7, 11) is 3.20. The third-order valence-electron chi connectivity index (χ3n) is 8.04. The van der Waals surface area contributed by atoms with E-state index in [1.165, 1.54) is 11.0 Å². The van der Waals surface area contributed by atoms with Crippen molar-refractivity contribution < 1.29 is 34.8 Å². The minimum atomic E-state index is -2.65. The van der Waals surface area contributed by atoms with E-state index in [-0.39, 0.29) is 29.7 Å². The monoisotopic (exact) mass is 504 g/mol. The molecule has 9 nitrogen and oxygen atoms in total. The van der Waals surface area contributed by atoms with Crippen molar-refractivity contribution in [2.24, 2.45) is 17.6 Å². The predicted molar refractivity (Wildman–Crippen MR) is 134 cm³/mol. The van der Waals surface area contributed by atoms with Crippen LogP contribution in [0.3, 0.4) is 0 Å². The molecule has 0 saturated heterocycles. The van der Waals surface area contributed by atoms with Crippen molar-refractivity contribution in [1.82, 2.24) is 4.90 Å². The highest BCUT2D eigenvalue weighted by Gasteiger charge is 2.63. The van der Waals surface area contributed by atoms with Gasteiger partial charge in [-0.1, -0.05) is 30.3 Å². The molecule has 9 heteroatoms. The highest BCUT2D eigenvalue weighted by molar-refractivity contribution is 6.24. The number of allylic oxidation sites excluding steroid dienone is 1. The Labute approximate surface area is 213 Å². The van der Waals surface area contributed by atoms with Gasteiger partial charge in [0.05, 0.1) is 11.6 Å². The van der Waals surface area contributed by atoms with Gasteiger partial charge in [0.25, 0.3) is 5.91 Å². The van der Waals surface area contributed by atoms with Gasteiger partial charge in [0.2, 0.25) is 5.78 Å². The van der Waals surface area contributed by atoms with Crippen molar-refractivity contribution in [2.75, 3.05) is 14.1 Å². The summed E-state index contributed by atoms with van der Waals surface area (Å²) in [5.41, 5.74) is 4.96. The number of nitrogens with two attached hydrogens (primary N) is 1. The minimum absolute atomic E-state index is 0.00142. The molecule has 5 rings (SSSR count). The van der Waals surface area contributed by atoms with E-state index in [0.29, 0.717) is 5.56 Å². The molecule has 0 aromatic heterocycles. The molecule has 6 N–H and O–H groups in total. The van der Waals surface area contributed by atoms with Crippen LogP contribution in [0.15, 0.2) is 59.1 Å². The Balaban J connectivity index is 1.74. The van der Waals surface area contributed by atoms with E-state index in [2.05, 4.69) is 0 Å². The SMILES string of the molecule is Cc1ccccc1-c1ccc(O)c2c1CC1CC3C(N(C)C)C(O)=C(C(N)=O)C(=O)C3(O)C(O)=C1C2=O. The van der Waals surface area contributed by atoms with Crippen molar-refractivity contribution in [3.63, 3.8) is 0 Å². The van der Waals surface area contributed by atoms with Crippen LogP contribution in [0.2, 0.25) is 0 Å². The number of aryl methyl sites for hydroxylation is 1. The molecule has 0 saturated carbocycles. The lowest BCUT2D eigenvalue weighted by molar-refractivity contribution is -0.148. The number of aliphatic hydroxyl groups is 3. The maximum Gasteiger partial charge on any atom is 0.255 e. The van der Waals surface area contributed by atoms with Gasteiger partial charge in [-0.25, -0.2) is 0 Å². The number of amides is 1. The van der Waals surface area contributed by atoms with Gasteiger partial charge in [0.1, 0.15) is 22.8 Å². The number of hydrogen-bond donors (Lipinski definition) is 5. The van der Waals surface area contributed by atoms with Gasteiger partial charge in [-0.15, -0.1) is 0 Å². The molecule has 3 aliphatic carbocycles. The molecular formula is C28H28N2O7. The van der Waals surface area contributed by atoms with Crippen molar-refractivity contribution in [2.45, 2.75) is 31.4 Å². The lowest BCUT2D eigenvalue weighted by Gasteiger charge is -2.50. The van der Waals surface area contributed by atoms with E-state index >= 15 is 0 Å². The first kappa shape index (κ1) is 24.7. The van der Waals surface area contributed by atoms with Gasteiger partial charge < -0.3 is 26.2 Å². The molecule has 0 bridgehead atoms. The number of benzene rings is 2. The fourth-order valence-corrected chi connectivity index (χ4v) is 6.38. The molecule has 4 atom stereocenters. The summed E-state index contributed by atoms with van der Waals surface area (Å²) in [5, 5.41) is 44.6. The molecule has 0 spiro atoms. The number of phenols is 1. The number of carbonyl (C=O) groups excluding carboxylic acids is 3. The number of hydrogen-bond acceptors (Lipinski definition) is 8. The molecule has 0 fully saturated rings. The molecule has 0 radical (unpaired) electrons. The second-order valence-corrected chi connectivity index (χ2v) is 10.3. The number of rotatable bonds is 3. The zero-order chi connectivity index (χ0) is 27.0. The summed E-state index contributed by atoms with van der Waals surface area (Å²) in [5.74, 6) is -6.60. The number of carbonyl (C=O) groups is 3. The summed E-state index contributed by atoms with van der Waals surface area (Å²) >= 11 is 0. The molecule has 4 unspecified atom stereocenters. The van der Waals surface area contributed by atoms with Crippen LogP contribution in [0.4, 0.5) is 0 Å². The van der Waals surface area contributed by atoms with Gasteiger partial charge in [0.15, 0.2) is 11.4 Å². The van der Waals surface area contributed by atoms with Crippen LogP contribution in [0.25, 0.3) is 11.1 Å². The molecule has 2 aromatic carbocycles. The molecule has 192 valence electrons. The number of ketones is 2. The summed E-state index contributed by atoms with van der Waals surface area (Å²) in [6.45, 7) is 1.94. The highest BCUT2D eigenvalue weighted by Crippen LogP contribution is 2.53. The van der Waals surface area contributed by atoms with Gasteiger partial charge in [-0.3, -0.25) is 19.3 Å². The summed E-state index contributed by atoms with van der Waals surface area (Å²) in [6.07, 6.45) is 0.293. The molecule has 2 aromatic rings. The number of likely N-dealkylation sites (N-methyl/N-ethyl adjacent to an activating group) is 1. The maximum absolute atomic E-state index is 13.8. The molecule has 3 aliphatic rings. The smallest absolute Gasteiger partial charge is 0.255 e. The molecule has 0 heterocycles. The Hall–Kier alpha value is -3.95. The second-order valence-electron chi connectivity index (χ2n) is 10.3. The van der Waals surface area contributed by atoms with E-state index in [4.69, 9.17) is 5.73 Å². The zero-order valence-corrected chi connectivity index (χ0v) is 20.6. The number of aromatic hydroxyl groups is 1. The van der Waals surface area contributed by atoms with Crippen LogP contribution >= 0.6 is 0 Å². The second kappa shape index (κ2) is 8.29.